The van der Waals surface area contributed by atoms with Gasteiger partial charge >= 0.3 is 0 Å². The van der Waals surface area contributed by atoms with E-state index >= 15 is 0 Å². The highest BCUT2D eigenvalue weighted by molar-refractivity contribution is 5.81. The molecule has 1 heterocycles. The Morgan fingerprint density at radius 3 is 2.68 bits per heavy atom. The average Bonchev–Trinajstić information content (AvgIpc) is 2.89. The van der Waals surface area contributed by atoms with Crippen LogP contribution >= 0.6 is 0 Å². The monoisotopic (exact) mass is 260 g/mol. The van der Waals surface area contributed by atoms with Crippen molar-refractivity contribution in [2.24, 2.45) is 5.73 Å². The van der Waals surface area contributed by atoms with Crippen molar-refractivity contribution in [1.29, 1.82) is 0 Å². The number of nitrogens with two attached hydrogens (primary N) is 1. The maximum absolute atomic E-state index is 12.2. The lowest BCUT2D eigenvalue weighted by Crippen LogP contribution is -2.46. The van der Waals surface area contributed by atoms with Crippen LogP contribution in [-0.4, -0.2) is 29.4 Å². The fourth-order valence-electron chi connectivity index (χ4n) is 3.18. The van der Waals surface area contributed by atoms with Gasteiger partial charge < -0.3 is 10.6 Å². The van der Waals surface area contributed by atoms with E-state index in [0.29, 0.717) is 12.0 Å². The molecule has 0 spiro atoms. The van der Waals surface area contributed by atoms with E-state index in [4.69, 9.17) is 5.73 Å². The van der Waals surface area contributed by atoms with Crippen LogP contribution in [0.4, 0.5) is 0 Å². The standard InChI is InChI=1S/C16H24N2O/c1-3-14(13-8-5-4-6-9-13)15-10-7-11-18(15)16(19)12(2)17/h4-6,8-9,12,14-15H,3,7,10-11,17H2,1-2H3/t12-,14?,15?/m1/s1. The van der Waals surface area contributed by atoms with Crippen LogP contribution in [0.25, 0.3) is 0 Å². The Kier molecular flexibility index (Phi) is 4.59. The van der Waals surface area contributed by atoms with E-state index in [9.17, 15) is 4.79 Å². The lowest BCUT2D eigenvalue weighted by Gasteiger charge is -2.32. The van der Waals surface area contributed by atoms with E-state index in [1.54, 1.807) is 6.92 Å². The topological polar surface area (TPSA) is 46.3 Å². The Labute approximate surface area is 115 Å². The molecule has 1 aliphatic rings. The quantitative estimate of drug-likeness (QED) is 0.904. The van der Waals surface area contributed by atoms with E-state index in [-0.39, 0.29) is 5.91 Å². The second kappa shape index (κ2) is 6.20. The molecule has 2 N–H and O–H groups in total. The number of hydrogen-bond acceptors (Lipinski definition) is 2. The second-order valence-electron chi connectivity index (χ2n) is 5.46. The highest BCUT2D eigenvalue weighted by atomic mass is 16.2. The zero-order chi connectivity index (χ0) is 13.8. The molecule has 0 saturated carbocycles. The molecule has 3 atom stereocenters. The van der Waals surface area contributed by atoms with Gasteiger partial charge in [-0.05, 0) is 31.7 Å². The van der Waals surface area contributed by atoms with Crippen LogP contribution in [-0.2, 0) is 4.79 Å². The summed E-state index contributed by atoms with van der Waals surface area (Å²) in [4.78, 5) is 14.2. The smallest absolute Gasteiger partial charge is 0.239 e. The molecule has 1 fully saturated rings. The summed E-state index contributed by atoms with van der Waals surface area (Å²) in [6.07, 6.45) is 3.23. The number of rotatable bonds is 4. The molecule has 1 saturated heterocycles. The van der Waals surface area contributed by atoms with Crippen molar-refractivity contribution in [3.63, 3.8) is 0 Å². The Hall–Kier alpha value is -1.35. The minimum Gasteiger partial charge on any atom is -0.338 e. The van der Waals surface area contributed by atoms with Gasteiger partial charge in [0.1, 0.15) is 0 Å². The summed E-state index contributed by atoms with van der Waals surface area (Å²) in [5, 5.41) is 0. The number of carbonyl (C=O) groups is 1. The number of benzene rings is 1. The van der Waals surface area contributed by atoms with Crippen molar-refractivity contribution in [1.82, 2.24) is 4.90 Å². The zero-order valence-electron chi connectivity index (χ0n) is 11.9. The molecule has 0 radical (unpaired) electrons. The van der Waals surface area contributed by atoms with Gasteiger partial charge in [-0.3, -0.25) is 4.79 Å². The molecule has 0 aromatic heterocycles. The Balaban J connectivity index is 2.20. The first kappa shape index (κ1) is 14.1. The van der Waals surface area contributed by atoms with Crippen LogP contribution in [0, 0.1) is 0 Å². The molecular weight excluding hydrogens is 236 g/mol. The Bertz CT molecular complexity index is 416. The first-order valence-corrected chi connectivity index (χ1v) is 7.26. The van der Waals surface area contributed by atoms with Gasteiger partial charge in [0, 0.05) is 18.5 Å². The summed E-state index contributed by atoms with van der Waals surface area (Å²) >= 11 is 0. The number of nitrogens with zero attached hydrogens (tertiary/aromatic N) is 1. The maximum atomic E-state index is 12.2. The Morgan fingerprint density at radius 2 is 2.11 bits per heavy atom. The van der Waals surface area contributed by atoms with Crippen molar-refractivity contribution in [2.75, 3.05) is 6.54 Å². The van der Waals surface area contributed by atoms with Gasteiger partial charge in [-0.15, -0.1) is 0 Å². The average molecular weight is 260 g/mol. The highest BCUT2D eigenvalue weighted by Gasteiger charge is 2.35. The van der Waals surface area contributed by atoms with Gasteiger partial charge in [0.05, 0.1) is 6.04 Å². The number of likely N-dealkylation sites (tertiary alicyclic amines) is 1. The van der Waals surface area contributed by atoms with Crippen molar-refractivity contribution in [2.45, 2.75) is 51.1 Å². The summed E-state index contributed by atoms with van der Waals surface area (Å²) in [5.74, 6) is 0.517. The molecule has 1 aliphatic heterocycles. The first-order chi connectivity index (χ1) is 9.15. The first-order valence-electron chi connectivity index (χ1n) is 7.26. The van der Waals surface area contributed by atoms with E-state index in [0.717, 1.165) is 25.8 Å². The summed E-state index contributed by atoms with van der Waals surface area (Å²) in [6, 6.07) is 10.4. The molecular formula is C16H24N2O. The zero-order valence-corrected chi connectivity index (χ0v) is 11.9. The second-order valence-corrected chi connectivity index (χ2v) is 5.46. The summed E-state index contributed by atoms with van der Waals surface area (Å²) in [6.45, 7) is 4.83. The van der Waals surface area contributed by atoms with Crippen LogP contribution in [0.15, 0.2) is 30.3 Å². The molecule has 0 aliphatic carbocycles. The summed E-state index contributed by atoms with van der Waals surface area (Å²) in [5.41, 5.74) is 7.10. The molecule has 0 bridgehead atoms. The number of hydrogen-bond donors (Lipinski definition) is 1. The lowest BCUT2D eigenvalue weighted by atomic mass is 9.87. The third kappa shape index (κ3) is 2.98. The maximum Gasteiger partial charge on any atom is 0.239 e. The minimum absolute atomic E-state index is 0.0943. The molecule has 2 rings (SSSR count). The van der Waals surface area contributed by atoms with Gasteiger partial charge in [-0.25, -0.2) is 0 Å². The van der Waals surface area contributed by atoms with Crippen LogP contribution in [0.5, 0.6) is 0 Å². The van der Waals surface area contributed by atoms with Crippen molar-refractivity contribution in [3.05, 3.63) is 35.9 Å². The molecule has 2 unspecified atom stereocenters. The Morgan fingerprint density at radius 1 is 1.42 bits per heavy atom. The SMILES string of the molecule is CCC(c1ccccc1)C1CCCN1C(=O)[C@@H](C)N. The fourth-order valence-corrected chi connectivity index (χ4v) is 3.18. The van der Waals surface area contributed by atoms with Crippen LogP contribution in [0.3, 0.4) is 0 Å². The third-order valence-corrected chi connectivity index (χ3v) is 4.10. The van der Waals surface area contributed by atoms with Gasteiger partial charge in [0.25, 0.3) is 0 Å². The summed E-state index contributed by atoms with van der Waals surface area (Å²) < 4.78 is 0. The lowest BCUT2D eigenvalue weighted by molar-refractivity contribution is -0.133. The number of carbonyl (C=O) groups excluding carboxylic acids is 1. The van der Waals surface area contributed by atoms with E-state index < -0.39 is 6.04 Å². The van der Waals surface area contributed by atoms with Gasteiger partial charge in [0.2, 0.25) is 5.91 Å². The predicted molar refractivity (Wildman–Crippen MR) is 77.9 cm³/mol. The van der Waals surface area contributed by atoms with Gasteiger partial charge in [-0.1, -0.05) is 37.3 Å². The largest absolute Gasteiger partial charge is 0.338 e. The predicted octanol–water partition coefficient (Wildman–Crippen LogP) is 2.52. The van der Waals surface area contributed by atoms with E-state index in [1.165, 1.54) is 5.56 Å². The molecule has 19 heavy (non-hydrogen) atoms. The molecule has 1 amide bonds. The highest BCUT2D eigenvalue weighted by Crippen LogP contribution is 2.33. The van der Waals surface area contributed by atoms with Crippen molar-refractivity contribution >= 4 is 5.91 Å². The normalized spacial score (nSPS) is 22.3. The van der Waals surface area contributed by atoms with Crippen molar-refractivity contribution in [3.8, 4) is 0 Å². The minimum atomic E-state index is -0.395. The van der Waals surface area contributed by atoms with E-state index in [1.807, 2.05) is 11.0 Å². The van der Waals surface area contributed by atoms with Crippen LogP contribution < -0.4 is 5.73 Å². The van der Waals surface area contributed by atoms with Gasteiger partial charge in [0.15, 0.2) is 0 Å². The molecule has 1 aromatic rings. The van der Waals surface area contributed by atoms with Gasteiger partial charge in [-0.2, -0.15) is 0 Å². The van der Waals surface area contributed by atoms with Crippen LogP contribution in [0.2, 0.25) is 0 Å². The third-order valence-electron chi connectivity index (χ3n) is 4.10. The fraction of sp³-hybridized carbons (Fsp3) is 0.562. The van der Waals surface area contributed by atoms with Crippen molar-refractivity contribution < 1.29 is 4.79 Å². The van der Waals surface area contributed by atoms with Crippen LogP contribution in [0.1, 0.15) is 44.6 Å². The molecule has 3 heteroatoms. The summed E-state index contributed by atoms with van der Waals surface area (Å²) in [7, 11) is 0. The number of amides is 1. The molecule has 104 valence electrons. The molecule has 3 nitrogen and oxygen atoms in total. The molecule has 1 aromatic carbocycles. The van der Waals surface area contributed by atoms with E-state index in [2.05, 4.69) is 31.2 Å².